The van der Waals surface area contributed by atoms with Gasteiger partial charge in [0, 0.05) is 31.0 Å². The lowest BCUT2D eigenvalue weighted by atomic mass is 9.93. The molecule has 20 heavy (non-hydrogen) atoms. The number of piperidine rings is 1. The highest BCUT2D eigenvalue weighted by atomic mass is 16.1. The van der Waals surface area contributed by atoms with Crippen molar-refractivity contribution in [1.29, 1.82) is 0 Å². The zero-order valence-corrected chi connectivity index (χ0v) is 12.3. The molecule has 0 aliphatic carbocycles. The fourth-order valence-electron chi connectivity index (χ4n) is 2.71. The lowest BCUT2D eigenvalue weighted by Crippen LogP contribution is -2.44. The highest BCUT2D eigenvalue weighted by Gasteiger charge is 2.25. The summed E-state index contributed by atoms with van der Waals surface area (Å²) in [6.45, 7) is 6.41. The summed E-state index contributed by atoms with van der Waals surface area (Å²) in [4.78, 5) is 18.4. The van der Waals surface area contributed by atoms with Gasteiger partial charge in [0.2, 0.25) is 0 Å². The minimum absolute atomic E-state index is 0.116. The predicted octanol–water partition coefficient (Wildman–Crippen LogP) is 1.39. The molecule has 2 unspecified atom stereocenters. The summed E-state index contributed by atoms with van der Waals surface area (Å²) < 4.78 is 0. The average molecular weight is 276 g/mol. The van der Waals surface area contributed by atoms with Crippen molar-refractivity contribution in [3.8, 4) is 0 Å². The van der Waals surface area contributed by atoms with Gasteiger partial charge in [0.1, 0.15) is 5.69 Å². The van der Waals surface area contributed by atoms with Gasteiger partial charge in [-0.1, -0.05) is 0 Å². The van der Waals surface area contributed by atoms with E-state index in [-0.39, 0.29) is 5.91 Å². The molecule has 0 saturated carbocycles. The Morgan fingerprint density at radius 2 is 2.35 bits per heavy atom. The smallest absolute Gasteiger partial charge is 0.269 e. The minimum Gasteiger partial charge on any atom is -0.368 e. The van der Waals surface area contributed by atoms with Gasteiger partial charge < -0.3 is 16.0 Å². The van der Waals surface area contributed by atoms with Crippen LogP contribution in [0.15, 0.2) is 18.3 Å². The minimum atomic E-state index is -0.116. The van der Waals surface area contributed by atoms with Crippen LogP contribution in [-0.2, 0) is 0 Å². The largest absolute Gasteiger partial charge is 0.368 e. The second kappa shape index (κ2) is 6.70. The van der Waals surface area contributed by atoms with E-state index in [9.17, 15) is 4.79 Å². The fourth-order valence-corrected chi connectivity index (χ4v) is 2.71. The molecule has 1 amide bonds. The molecule has 2 rings (SSSR count). The maximum absolute atomic E-state index is 11.9. The van der Waals surface area contributed by atoms with Gasteiger partial charge in [-0.25, -0.2) is 0 Å². The van der Waals surface area contributed by atoms with Crippen molar-refractivity contribution in [3.05, 3.63) is 24.0 Å². The average Bonchev–Trinajstić information content (AvgIpc) is 2.48. The van der Waals surface area contributed by atoms with Crippen molar-refractivity contribution >= 4 is 11.6 Å². The standard InChI is InChI=1S/C15H24N4O/c1-3-17-15(20)14-8-13(6-7-18-14)19-10-12(9-16)5-4-11(19)2/h6-8,11-12H,3-5,9-10,16H2,1-2H3,(H,17,20). The topological polar surface area (TPSA) is 71.2 Å². The second-order valence-electron chi connectivity index (χ2n) is 5.44. The molecular formula is C15H24N4O. The SMILES string of the molecule is CCNC(=O)c1cc(N2CC(CN)CCC2C)ccn1. The van der Waals surface area contributed by atoms with E-state index in [0.717, 1.165) is 25.2 Å². The van der Waals surface area contributed by atoms with Crippen molar-refractivity contribution in [3.63, 3.8) is 0 Å². The van der Waals surface area contributed by atoms with Crippen LogP contribution in [0.1, 0.15) is 37.2 Å². The van der Waals surface area contributed by atoms with Gasteiger partial charge in [0.15, 0.2) is 0 Å². The summed E-state index contributed by atoms with van der Waals surface area (Å²) in [5.74, 6) is 0.418. The molecule has 2 atom stereocenters. The number of amides is 1. The Kier molecular flexibility index (Phi) is 4.95. The lowest BCUT2D eigenvalue weighted by molar-refractivity contribution is 0.0951. The van der Waals surface area contributed by atoms with Gasteiger partial charge in [0.05, 0.1) is 0 Å². The zero-order valence-electron chi connectivity index (χ0n) is 12.3. The van der Waals surface area contributed by atoms with E-state index in [1.54, 1.807) is 6.20 Å². The van der Waals surface area contributed by atoms with E-state index >= 15 is 0 Å². The van der Waals surface area contributed by atoms with Crippen LogP contribution in [0.4, 0.5) is 5.69 Å². The van der Waals surface area contributed by atoms with Crippen LogP contribution in [-0.4, -0.2) is 36.6 Å². The Morgan fingerprint density at radius 1 is 1.55 bits per heavy atom. The van der Waals surface area contributed by atoms with E-state index < -0.39 is 0 Å². The third kappa shape index (κ3) is 3.28. The van der Waals surface area contributed by atoms with Crippen molar-refractivity contribution in [2.75, 3.05) is 24.5 Å². The molecule has 1 aliphatic heterocycles. The number of pyridine rings is 1. The van der Waals surface area contributed by atoms with E-state index in [4.69, 9.17) is 5.73 Å². The molecule has 2 heterocycles. The molecule has 0 aromatic carbocycles. The van der Waals surface area contributed by atoms with Gasteiger partial charge in [-0.3, -0.25) is 9.78 Å². The van der Waals surface area contributed by atoms with Gasteiger partial charge >= 0.3 is 0 Å². The summed E-state index contributed by atoms with van der Waals surface area (Å²) in [5, 5.41) is 2.78. The first-order valence-corrected chi connectivity index (χ1v) is 7.36. The van der Waals surface area contributed by atoms with Crippen LogP contribution in [0.25, 0.3) is 0 Å². The summed E-state index contributed by atoms with van der Waals surface area (Å²) >= 11 is 0. The van der Waals surface area contributed by atoms with E-state index in [1.807, 2.05) is 19.1 Å². The predicted molar refractivity (Wildman–Crippen MR) is 80.8 cm³/mol. The van der Waals surface area contributed by atoms with Gasteiger partial charge in [-0.15, -0.1) is 0 Å². The van der Waals surface area contributed by atoms with Crippen LogP contribution in [0.3, 0.4) is 0 Å². The molecule has 1 aliphatic rings. The Bertz CT molecular complexity index is 463. The fraction of sp³-hybridized carbons (Fsp3) is 0.600. The Labute approximate surface area is 120 Å². The number of aromatic nitrogens is 1. The van der Waals surface area contributed by atoms with E-state index in [1.165, 1.54) is 6.42 Å². The number of hydrogen-bond acceptors (Lipinski definition) is 4. The van der Waals surface area contributed by atoms with Gasteiger partial charge in [-0.05, 0) is 51.3 Å². The number of carbonyl (C=O) groups excluding carboxylic acids is 1. The second-order valence-corrected chi connectivity index (χ2v) is 5.44. The van der Waals surface area contributed by atoms with Crippen molar-refractivity contribution < 1.29 is 4.79 Å². The molecule has 5 heteroatoms. The number of rotatable bonds is 4. The highest BCUT2D eigenvalue weighted by Crippen LogP contribution is 2.27. The Balaban J connectivity index is 2.18. The molecule has 1 saturated heterocycles. The third-order valence-corrected chi connectivity index (χ3v) is 3.96. The Hall–Kier alpha value is -1.62. The molecule has 0 spiro atoms. The first-order valence-electron chi connectivity index (χ1n) is 7.36. The molecule has 5 nitrogen and oxygen atoms in total. The summed E-state index contributed by atoms with van der Waals surface area (Å²) in [7, 11) is 0. The quantitative estimate of drug-likeness (QED) is 0.872. The summed E-state index contributed by atoms with van der Waals surface area (Å²) in [6.07, 6.45) is 4.03. The van der Waals surface area contributed by atoms with Gasteiger partial charge in [-0.2, -0.15) is 0 Å². The number of hydrogen-bond donors (Lipinski definition) is 2. The van der Waals surface area contributed by atoms with Crippen molar-refractivity contribution in [2.24, 2.45) is 11.7 Å². The monoisotopic (exact) mass is 276 g/mol. The highest BCUT2D eigenvalue weighted by molar-refractivity contribution is 5.93. The zero-order chi connectivity index (χ0) is 14.5. The van der Waals surface area contributed by atoms with Crippen LogP contribution >= 0.6 is 0 Å². The Morgan fingerprint density at radius 3 is 3.05 bits per heavy atom. The molecule has 0 bridgehead atoms. The first kappa shape index (κ1) is 14.8. The van der Waals surface area contributed by atoms with E-state index in [0.29, 0.717) is 24.2 Å². The van der Waals surface area contributed by atoms with Crippen LogP contribution in [0, 0.1) is 5.92 Å². The van der Waals surface area contributed by atoms with Crippen LogP contribution < -0.4 is 16.0 Å². The molecule has 0 radical (unpaired) electrons. The number of nitrogens with zero attached hydrogens (tertiary/aromatic N) is 2. The molecule has 1 fully saturated rings. The molecule has 3 N–H and O–H groups in total. The van der Waals surface area contributed by atoms with Crippen LogP contribution in [0.2, 0.25) is 0 Å². The number of nitrogens with one attached hydrogen (secondary N) is 1. The molecular weight excluding hydrogens is 252 g/mol. The summed E-state index contributed by atoms with van der Waals surface area (Å²) in [6, 6.07) is 4.32. The number of carbonyl (C=O) groups is 1. The maximum Gasteiger partial charge on any atom is 0.269 e. The van der Waals surface area contributed by atoms with E-state index in [2.05, 4.69) is 22.1 Å². The van der Waals surface area contributed by atoms with Gasteiger partial charge in [0.25, 0.3) is 5.91 Å². The van der Waals surface area contributed by atoms with Crippen molar-refractivity contribution in [1.82, 2.24) is 10.3 Å². The number of nitrogens with two attached hydrogens (primary N) is 1. The molecule has 110 valence electrons. The normalized spacial score (nSPS) is 22.6. The summed E-state index contributed by atoms with van der Waals surface area (Å²) in [5.41, 5.74) is 7.34. The lowest BCUT2D eigenvalue weighted by Gasteiger charge is -2.39. The van der Waals surface area contributed by atoms with Crippen LogP contribution in [0.5, 0.6) is 0 Å². The number of anilines is 1. The molecule has 1 aromatic heterocycles. The molecule has 1 aromatic rings. The third-order valence-electron chi connectivity index (χ3n) is 3.96. The van der Waals surface area contributed by atoms with Crippen molar-refractivity contribution in [2.45, 2.75) is 32.7 Å². The maximum atomic E-state index is 11.9. The first-order chi connectivity index (χ1) is 9.65.